The number of aromatic nitrogens is 2. The third-order valence-corrected chi connectivity index (χ3v) is 4.06. The van der Waals surface area contributed by atoms with Gasteiger partial charge >= 0.3 is 0 Å². The van der Waals surface area contributed by atoms with Crippen molar-refractivity contribution in [3.63, 3.8) is 0 Å². The van der Waals surface area contributed by atoms with Crippen LogP contribution in [-0.2, 0) is 20.1 Å². The predicted molar refractivity (Wildman–Crippen MR) is 70.4 cm³/mol. The number of aryl methyl sites for hydroxylation is 1. The zero-order valence-electron chi connectivity index (χ0n) is 9.35. The molecule has 0 aliphatic heterocycles. The van der Waals surface area contributed by atoms with Crippen LogP contribution in [0.3, 0.4) is 0 Å². The molecular weight excluding hydrogens is 286 g/mol. The van der Waals surface area contributed by atoms with Gasteiger partial charge in [0.15, 0.2) is 0 Å². The van der Waals surface area contributed by atoms with Crippen molar-refractivity contribution in [3.8, 4) is 0 Å². The number of rotatable bonds is 4. The van der Waals surface area contributed by atoms with E-state index >= 15 is 0 Å². The zero-order valence-corrected chi connectivity index (χ0v) is 11.8. The van der Waals surface area contributed by atoms with Crippen molar-refractivity contribution in [2.45, 2.75) is 13.1 Å². The number of imidazole rings is 1. The third-order valence-electron chi connectivity index (χ3n) is 2.38. The third kappa shape index (κ3) is 2.93. The second kappa shape index (κ2) is 5.12. The van der Waals surface area contributed by atoms with Crippen molar-refractivity contribution < 1.29 is 0 Å². The molecule has 3 nitrogen and oxygen atoms in total. The van der Waals surface area contributed by atoms with Crippen LogP contribution in [0.15, 0.2) is 28.3 Å². The SMILES string of the molecule is CN(Cc1cc(Br)cs1)Cc1nccn1C. The van der Waals surface area contributed by atoms with Gasteiger partial charge in [0.1, 0.15) is 5.82 Å². The lowest BCUT2D eigenvalue weighted by atomic mass is 10.4. The van der Waals surface area contributed by atoms with Crippen molar-refractivity contribution in [2.75, 3.05) is 7.05 Å². The van der Waals surface area contributed by atoms with Gasteiger partial charge in [-0.3, -0.25) is 4.90 Å². The normalized spacial score (nSPS) is 11.2. The maximum atomic E-state index is 4.32. The molecule has 0 radical (unpaired) electrons. The summed E-state index contributed by atoms with van der Waals surface area (Å²) in [7, 11) is 4.14. The van der Waals surface area contributed by atoms with Gasteiger partial charge in [-0.05, 0) is 29.0 Å². The fraction of sp³-hybridized carbons (Fsp3) is 0.364. The fourth-order valence-corrected chi connectivity index (χ4v) is 3.08. The average Bonchev–Trinajstić information content (AvgIpc) is 2.77. The van der Waals surface area contributed by atoms with Gasteiger partial charge in [0, 0.05) is 40.7 Å². The van der Waals surface area contributed by atoms with E-state index in [2.05, 4.69) is 48.9 Å². The van der Waals surface area contributed by atoms with Gasteiger partial charge in [-0.25, -0.2) is 4.98 Å². The van der Waals surface area contributed by atoms with Crippen LogP contribution in [0.4, 0.5) is 0 Å². The molecule has 16 heavy (non-hydrogen) atoms. The Hall–Kier alpha value is -0.650. The quantitative estimate of drug-likeness (QED) is 0.866. The molecule has 0 fully saturated rings. The Bertz CT molecular complexity index is 463. The van der Waals surface area contributed by atoms with Gasteiger partial charge in [-0.1, -0.05) is 0 Å². The number of thiophene rings is 1. The molecule has 0 atom stereocenters. The van der Waals surface area contributed by atoms with E-state index in [1.807, 2.05) is 19.4 Å². The molecule has 0 aromatic carbocycles. The number of halogens is 1. The van der Waals surface area contributed by atoms with E-state index in [0.29, 0.717) is 0 Å². The van der Waals surface area contributed by atoms with E-state index in [4.69, 9.17) is 0 Å². The summed E-state index contributed by atoms with van der Waals surface area (Å²) in [5, 5.41) is 2.12. The summed E-state index contributed by atoms with van der Waals surface area (Å²) >= 11 is 5.25. The highest BCUT2D eigenvalue weighted by atomic mass is 79.9. The number of hydrogen-bond donors (Lipinski definition) is 0. The van der Waals surface area contributed by atoms with Gasteiger partial charge in [0.25, 0.3) is 0 Å². The molecule has 0 aliphatic rings. The first-order valence-electron chi connectivity index (χ1n) is 5.03. The molecule has 2 aromatic heterocycles. The van der Waals surface area contributed by atoms with Crippen LogP contribution in [0.5, 0.6) is 0 Å². The lowest BCUT2D eigenvalue weighted by molar-refractivity contribution is 0.310. The van der Waals surface area contributed by atoms with E-state index in [-0.39, 0.29) is 0 Å². The topological polar surface area (TPSA) is 21.1 Å². The summed E-state index contributed by atoms with van der Waals surface area (Å²) in [4.78, 5) is 7.95. The molecule has 0 spiro atoms. The minimum absolute atomic E-state index is 0.874. The van der Waals surface area contributed by atoms with E-state index in [1.54, 1.807) is 11.3 Å². The van der Waals surface area contributed by atoms with Crippen molar-refractivity contribution in [1.29, 1.82) is 0 Å². The maximum absolute atomic E-state index is 4.32. The van der Waals surface area contributed by atoms with E-state index in [0.717, 1.165) is 23.4 Å². The summed E-state index contributed by atoms with van der Waals surface area (Å²) in [6.45, 7) is 1.84. The largest absolute Gasteiger partial charge is 0.337 e. The minimum Gasteiger partial charge on any atom is -0.337 e. The monoisotopic (exact) mass is 299 g/mol. The molecule has 0 aliphatic carbocycles. The average molecular weight is 300 g/mol. The van der Waals surface area contributed by atoms with E-state index in [9.17, 15) is 0 Å². The molecule has 2 heterocycles. The summed E-state index contributed by atoms with van der Waals surface area (Å²) in [5.74, 6) is 1.10. The van der Waals surface area contributed by atoms with Gasteiger partial charge in [-0.2, -0.15) is 0 Å². The summed E-state index contributed by atoms with van der Waals surface area (Å²) in [6.07, 6.45) is 3.82. The highest BCUT2D eigenvalue weighted by Crippen LogP contribution is 2.21. The summed E-state index contributed by atoms with van der Waals surface area (Å²) < 4.78 is 3.22. The number of hydrogen-bond acceptors (Lipinski definition) is 3. The Balaban J connectivity index is 1.94. The number of nitrogens with zero attached hydrogens (tertiary/aromatic N) is 3. The van der Waals surface area contributed by atoms with Crippen LogP contribution in [0.1, 0.15) is 10.7 Å². The Morgan fingerprint density at radius 3 is 2.88 bits per heavy atom. The second-order valence-corrected chi connectivity index (χ2v) is 5.77. The highest BCUT2D eigenvalue weighted by molar-refractivity contribution is 9.10. The lowest BCUT2D eigenvalue weighted by Gasteiger charge is -2.14. The van der Waals surface area contributed by atoms with Crippen LogP contribution >= 0.6 is 27.3 Å². The molecule has 0 amide bonds. The maximum Gasteiger partial charge on any atom is 0.122 e. The van der Waals surface area contributed by atoms with Crippen molar-refractivity contribution in [1.82, 2.24) is 14.5 Å². The van der Waals surface area contributed by atoms with Gasteiger partial charge < -0.3 is 4.57 Å². The zero-order chi connectivity index (χ0) is 11.5. The van der Waals surface area contributed by atoms with Crippen LogP contribution in [0.25, 0.3) is 0 Å². The summed E-state index contributed by atoms with van der Waals surface area (Å²) in [6, 6.07) is 2.17. The fourth-order valence-electron chi connectivity index (χ4n) is 1.55. The molecule has 0 bridgehead atoms. The van der Waals surface area contributed by atoms with E-state index < -0.39 is 0 Å². The molecule has 2 rings (SSSR count). The Morgan fingerprint density at radius 2 is 2.31 bits per heavy atom. The molecule has 2 aromatic rings. The molecule has 0 saturated carbocycles. The standard InChI is InChI=1S/C11H14BrN3S/c1-14(6-10-5-9(12)8-16-10)7-11-13-3-4-15(11)2/h3-5,8H,6-7H2,1-2H3. The molecular formula is C11H14BrN3S. The van der Waals surface area contributed by atoms with Gasteiger partial charge in [0.05, 0.1) is 6.54 Å². The minimum atomic E-state index is 0.874. The van der Waals surface area contributed by atoms with Crippen molar-refractivity contribution in [2.24, 2.45) is 7.05 Å². The highest BCUT2D eigenvalue weighted by Gasteiger charge is 2.06. The first-order chi connectivity index (χ1) is 7.65. The smallest absolute Gasteiger partial charge is 0.122 e. The Kier molecular flexibility index (Phi) is 3.78. The van der Waals surface area contributed by atoms with E-state index in [1.165, 1.54) is 4.88 Å². The first kappa shape index (κ1) is 11.8. The van der Waals surface area contributed by atoms with Crippen LogP contribution in [0, 0.1) is 0 Å². The summed E-state index contributed by atoms with van der Waals surface area (Å²) in [5.41, 5.74) is 0. The van der Waals surface area contributed by atoms with Crippen LogP contribution in [0.2, 0.25) is 0 Å². The van der Waals surface area contributed by atoms with Crippen LogP contribution in [-0.4, -0.2) is 21.5 Å². The van der Waals surface area contributed by atoms with Crippen LogP contribution < -0.4 is 0 Å². The lowest BCUT2D eigenvalue weighted by Crippen LogP contribution is -2.18. The molecule has 0 N–H and O–H groups in total. The first-order valence-corrected chi connectivity index (χ1v) is 6.70. The molecule has 5 heteroatoms. The molecule has 86 valence electrons. The van der Waals surface area contributed by atoms with Crippen molar-refractivity contribution >= 4 is 27.3 Å². The van der Waals surface area contributed by atoms with Gasteiger partial charge in [-0.15, -0.1) is 11.3 Å². The van der Waals surface area contributed by atoms with Gasteiger partial charge in [0.2, 0.25) is 0 Å². The predicted octanol–water partition coefficient (Wildman–Crippen LogP) is 2.88. The molecule has 0 unspecified atom stereocenters. The Labute approximate surface area is 108 Å². The second-order valence-electron chi connectivity index (χ2n) is 3.86. The Morgan fingerprint density at radius 1 is 1.50 bits per heavy atom. The molecule has 0 saturated heterocycles. The van der Waals surface area contributed by atoms with Crippen molar-refractivity contribution in [3.05, 3.63) is 39.0 Å².